The molecule has 1 aromatic carbocycles. The lowest BCUT2D eigenvalue weighted by molar-refractivity contribution is 0.840. The van der Waals surface area contributed by atoms with Crippen molar-refractivity contribution in [1.29, 1.82) is 0 Å². The minimum atomic E-state index is 0.758. The van der Waals surface area contributed by atoms with Crippen LogP contribution in [0.1, 0.15) is 0 Å². The summed E-state index contributed by atoms with van der Waals surface area (Å²) in [5.41, 5.74) is 3.07. The first-order chi connectivity index (χ1) is 9.90. The van der Waals surface area contributed by atoms with E-state index >= 15 is 0 Å². The van der Waals surface area contributed by atoms with Crippen LogP contribution in [-0.2, 0) is 0 Å². The molecule has 0 fully saturated rings. The maximum absolute atomic E-state index is 4.35. The van der Waals surface area contributed by atoms with E-state index in [4.69, 9.17) is 0 Å². The van der Waals surface area contributed by atoms with Gasteiger partial charge in [-0.05, 0) is 24.3 Å². The third kappa shape index (κ3) is 1.76. The number of nitrogens with one attached hydrogen (secondary N) is 1. The van der Waals surface area contributed by atoms with E-state index in [-0.39, 0.29) is 0 Å². The van der Waals surface area contributed by atoms with Crippen LogP contribution in [0, 0.1) is 0 Å². The summed E-state index contributed by atoms with van der Waals surface area (Å²) in [5, 5.41) is 5.35. The van der Waals surface area contributed by atoms with Gasteiger partial charge in [-0.25, -0.2) is 14.6 Å². The molecule has 5 heteroatoms. The molecule has 3 heterocycles. The maximum atomic E-state index is 4.35. The van der Waals surface area contributed by atoms with Crippen LogP contribution in [0.5, 0.6) is 0 Å². The molecule has 4 rings (SSSR count). The lowest BCUT2D eigenvalue weighted by Crippen LogP contribution is -1.99. The van der Waals surface area contributed by atoms with Crippen molar-refractivity contribution in [2.45, 2.75) is 0 Å². The van der Waals surface area contributed by atoms with Gasteiger partial charge in [-0.1, -0.05) is 6.07 Å². The third-order valence-corrected chi connectivity index (χ3v) is 3.24. The Morgan fingerprint density at radius 3 is 2.95 bits per heavy atom. The van der Waals surface area contributed by atoms with Gasteiger partial charge in [0, 0.05) is 41.1 Å². The van der Waals surface area contributed by atoms with Gasteiger partial charge in [-0.3, -0.25) is 0 Å². The van der Waals surface area contributed by atoms with Gasteiger partial charge in [-0.2, -0.15) is 5.10 Å². The second-order valence-electron chi connectivity index (χ2n) is 4.49. The molecule has 0 saturated heterocycles. The van der Waals surface area contributed by atoms with Crippen molar-refractivity contribution < 1.29 is 0 Å². The number of benzene rings is 1. The predicted octanol–water partition coefficient (Wildman–Crippen LogP) is 2.81. The molecule has 0 aliphatic carbocycles. The fourth-order valence-corrected chi connectivity index (χ4v) is 2.25. The summed E-state index contributed by atoms with van der Waals surface area (Å²) in [7, 11) is 0. The Hall–Kier alpha value is -2.95. The van der Waals surface area contributed by atoms with Crippen LogP contribution < -0.4 is 0 Å². The predicted molar refractivity (Wildman–Crippen MR) is 76.4 cm³/mol. The lowest BCUT2D eigenvalue weighted by atomic mass is 10.1. The van der Waals surface area contributed by atoms with E-state index in [0.29, 0.717) is 0 Å². The van der Waals surface area contributed by atoms with Crippen LogP contribution >= 0.6 is 0 Å². The summed E-state index contributed by atoms with van der Waals surface area (Å²) in [4.78, 5) is 11.8. The Labute approximate surface area is 114 Å². The van der Waals surface area contributed by atoms with Crippen LogP contribution in [0.25, 0.3) is 28.0 Å². The second-order valence-corrected chi connectivity index (χ2v) is 4.49. The smallest absolute Gasteiger partial charge is 0.157 e. The highest BCUT2D eigenvalue weighted by atomic mass is 15.3. The van der Waals surface area contributed by atoms with E-state index in [1.54, 1.807) is 17.2 Å². The minimum Gasteiger partial charge on any atom is -0.361 e. The SMILES string of the molecule is c1cnn(-c2cc(-c3ccc4[nH]ccc4c3)ncn2)c1. The van der Waals surface area contributed by atoms with Crippen molar-refractivity contribution in [2.75, 3.05) is 0 Å². The van der Waals surface area contributed by atoms with Crippen molar-refractivity contribution in [3.63, 3.8) is 0 Å². The molecule has 3 aromatic heterocycles. The number of nitrogens with zero attached hydrogens (tertiary/aromatic N) is 4. The zero-order valence-corrected chi connectivity index (χ0v) is 10.6. The Bertz CT molecular complexity index is 861. The molecule has 0 bridgehead atoms. The zero-order chi connectivity index (χ0) is 13.4. The first-order valence-electron chi connectivity index (χ1n) is 6.30. The average Bonchev–Trinajstić information content (AvgIpc) is 3.18. The van der Waals surface area contributed by atoms with Crippen LogP contribution in [0.3, 0.4) is 0 Å². The highest BCUT2D eigenvalue weighted by Gasteiger charge is 2.05. The van der Waals surface area contributed by atoms with E-state index in [9.17, 15) is 0 Å². The van der Waals surface area contributed by atoms with Crippen LogP contribution in [0.4, 0.5) is 0 Å². The molecule has 0 aliphatic rings. The summed E-state index contributed by atoms with van der Waals surface area (Å²) >= 11 is 0. The molecule has 0 unspecified atom stereocenters. The van der Waals surface area contributed by atoms with Gasteiger partial charge in [0.25, 0.3) is 0 Å². The quantitative estimate of drug-likeness (QED) is 0.603. The van der Waals surface area contributed by atoms with E-state index < -0.39 is 0 Å². The molecule has 20 heavy (non-hydrogen) atoms. The number of hydrogen-bond acceptors (Lipinski definition) is 3. The van der Waals surface area contributed by atoms with E-state index in [1.165, 1.54) is 5.39 Å². The molecular formula is C15H11N5. The largest absolute Gasteiger partial charge is 0.361 e. The number of fused-ring (bicyclic) bond motifs is 1. The van der Waals surface area contributed by atoms with Crippen molar-refractivity contribution in [1.82, 2.24) is 24.7 Å². The minimum absolute atomic E-state index is 0.758. The molecule has 4 aromatic rings. The average molecular weight is 261 g/mol. The van der Waals surface area contributed by atoms with Crippen molar-refractivity contribution in [3.05, 3.63) is 61.3 Å². The van der Waals surface area contributed by atoms with Gasteiger partial charge >= 0.3 is 0 Å². The van der Waals surface area contributed by atoms with Gasteiger partial charge < -0.3 is 4.98 Å². The Balaban J connectivity index is 1.83. The monoisotopic (exact) mass is 261 g/mol. The number of H-pyrrole nitrogens is 1. The molecule has 0 radical (unpaired) electrons. The van der Waals surface area contributed by atoms with E-state index in [2.05, 4.69) is 38.2 Å². The number of rotatable bonds is 2. The standard InChI is InChI=1S/C15H11N5/c1-5-19-20(7-1)15-9-14(17-10-18-15)11-2-3-13-12(8-11)4-6-16-13/h1-10,16H. The van der Waals surface area contributed by atoms with E-state index in [1.807, 2.05) is 30.6 Å². The number of aromatic nitrogens is 5. The summed E-state index contributed by atoms with van der Waals surface area (Å²) in [6.07, 6.45) is 7.09. The van der Waals surface area contributed by atoms with Crippen molar-refractivity contribution >= 4 is 10.9 Å². The van der Waals surface area contributed by atoms with Crippen LogP contribution in [0.15, 0.2) is 61.3 Å². The Morgan fingerprint density at radius 2 is 2.05 bits per heavy atom. The topological polar surface area (TPSA) is 59.4 Å². The molecule has 0 aliphatic heterocycles. The molecule has 96 valence electrons. The molecule has 0 amide bonds. The number of hydrogen-bond donors (Lipinski definition) is 1. The Kier molecular flexibility index (Phi) is 2.35. The molecule has 5 nitrogen and oxygen atoms in total. The van der Waals surface area contributed by atoms with Crippen molar-refractivity contribution in [2.24, 2.45) is 0 Å². The van der Waals surface area contributed by atoms with Gasteiger partial charge in [0.2, 0.25) is 0 Å². The number of aromatic amines is 1. The normalized spacial score (nSPS) is 11.0. The summed E-state index contributed by atoms with van der Waals surface area (Å²) < 4.78 is 1.72. The van der Waals surface area contributed by atoms with Crippen LogP contribution in [0.2, 0.25) is 0 Å². The molecule has 0 spiro atoms. The molecule has 0 atom stereocenters. The second kappa shape index (κ2) is 4.31. The first-order valence-corrected chi connectivity index (χ1v) is 6.30. The summed E-state index contributed by atoms with van der Waals surface area (Å²) in [6, 6.07) is 12.1. The highest BCUT2D eigenvalue weighted by molar-refractivity contribution is 5.84. The fraction of sp³-hybridized carbons (Fsp3) is 0. The van der Waals surface area contributed by atoms with E-state index in [0.717, 1.165) is 22.6 Å². The van der Waals surface area contributed by atoms with Crippen LogP contribution in [-0.4, -0.2) is 24.7 Å². The van der Waals surface area contributed by atoms with Crippen molar-refractivity contribution in [3.8, 4) is 17.1 Å². The van der Waals surface area contributed by atoms with Gasteiger partial charge in [0.15, 0.2) is 5.82 Å². The highest BCUT2D eigenvalue weighted by Crippen LogP contribution is 2.23. The molecular weight excluding hydrogens is 250 g/mol. The Morgan fingerprint density at radius 1 is 1.05 bits per heavy atom. The first kappa shape index (κ1) is 10.9. The fourth-order valence-electron chi connectivity index (χ4n) is 2.25. The summed E-state index contributed by atoms with van der Waals surface area (Å²) in [5.74, 6) is 0.758. The molecule has 1 N–H and O–H groups in total. The van der Waals surface area contributed by atoms with Gasteiger partial charge in [0.1, 0.15) is 6.33 Å². The zero-order valence-electron chi connectivity index (χ0n) is 10.6. The summed E-state index contributed by atoms with van der Waals surface area (Å²) in [6.45, 7) is 0. The van der Waals surface area contributed by atoms with Gasteiger partial charge in [0.05, 0.1) is 5.69 Å². The third-order valence-electron chi connectivity index (χ3n) is 3.24. The lowest BCUT2D eigenvalue weighted by Gasteiger charge is -2.04. The van der Waals surface area contributed by atoms with Gasteiger partial charge in [-0.15, -0.1) is 0 Å². The maximum Gasteiger partial charge on any atom is 0.157 e. The molecule has 0 saturated carbocycles.